The highest BCUT2D eigenvalue weighted by atomic mass is 31.1. The van der Waals surface area contributed by atoms with E-state index >= 15 is 0 Å². The maximum absolute atomic E-state index is 6.55. The molecule has 0 amide bonds. The fraction of sp³-hybridized carbons (Fsp3) is 0.176. The zero-order valence-electron chi connectivity index (χ0n) is 33.0. The number of hydrogen-bond acceptors (Lipinski definition) is 2. The maximum atomic E-state index is 6.55. The van der Waals surface area contributed by atoms with Crippen LogP contribution in [0.25, 0.3) is 11.1 Å². The van der Waals surface area contributed by atoms with Gasteiger partial charge in [-0.15, -0.1) is 0 Å². The van der Waals surface area contributed by atoms with Crippen LogP contribution in [0.1, 0.15) is 27.8 Å². The van der Waals surface area contributed by atoms with Gasteiger partial charge >= 0.3 is 0 Å². The minimum Gasteiger partial charge on any atom is -0.544 e. The molecule has 56 heavy (non-hydrogen) atoms. The van der Waals surface area contributed by atoms with Crippen molar-refractivity contribution < 1.29 is 9.16 Å². The highest BCUT2D eigenvalue weighted by molar-refractivity contribution is 7.73. The fourth-order valence-corrected chi connectivity index (χ4v) is 14.4. The van der Waals surface area contributed by atoms with Gasteiger partial charge in [-0.05, 0) is 145 Å². The van der Waals surface area contributed by atoms with Crippen molar-refractivity contribution in [2.75, 3.05) is 12.3 Å². The summed E-state index contributed by atoms with van der Waals surface area (Å²) in [6, 6.07) is 63.2. The Hall–Kier alpha value is -4.78. The van der Waals surface area contributed by atoms with E-state index in [1.165, 1.54) is 61.0 Å². The Bertz CT molecular complexity index is 2260. The number of fused-ring (bicyclic) bond motifs is 3. The summed E-state index contributed by atoms with van der Waals surface area (Å²) < 4.78 is 12.9. The van der Waals surface area contributed by atoms with Gasteiger partial charge in [-0.3, -0.25) is 0 Å². The summed E-state index contributed by atoms with van der Waals surface area (Å²) >= 11 is 0. The van der Waals surface area contributed by atoms with E-state index in [9.17, 15) is 0 Å². The van der Waals surface area contributed by atoms with Gasteiger partial charge in [0.25, 0.3) is 0 Å². The molecule has 0 aromatic heterocycles. The molecule has 8 rings (SSSR count). The third-order valence-electron chi connectivity index (χ3n) is 10.5. The van der Waals surface area contributed by atoms with Crippen LogP contribution in [0.2, 0.25) is 19.1 Å². The second-order valence-corrected chi connectivity index (χ2v) is 22.9. The number of rotatable bonds is 13. The van der Waals surface area contributed by atoms with Crippen LogP contribution in [0.4, 0.5) is 0 Å². The van der Waals surface area contributed by atoms with Gasteiger partial charge in [0.2, 0.25) is 8.32 Å². The Balaban J connectivity index is 0.000000176. The largest absolute Gasteiger partial charge is 0.544 e. The lowest BCUT2D eigenvalue weighted by molar-refractivity contribution is 0.472. The highest BCUT2D eigenvalue weighted by Gasteiger charge is 2.29. The first-order valence-corrected chi connectivity index (χ1v) is 25.6. The average Bonchev–Trinajstić information content (AvgIpc) is 3.63. The molecule has 0 N–H and O–H groups in total. The maximum Gasteiger partial charge on any atom is 0.245 e. The molecule has 0 saturated carbocycles. The van der Waals surface area contributed by atoms with Gasteiger partial charge in [0.15, 0.2) is 0 Å². The monoisotopic (exact) mass is 786 g/mol. The first-order valence-electron chi connectivity index (χ1n) is 19.7. The summed E-state index contributed by atoms with van der Waals surface area (Å²) in [7, 11) is -1.28. The predicted molar refractivity (Wildman–Crippen MR) is 247 cm³/mol. The van der Waals surface area contributed by atoms with E-state index in [0.29, 0.717) is 0 Å². The van der Waals surface area contributed by atoms with Crippen molar-refractivity contribution in [2.24, 2.45) is 0 Å². The van der Waals surface area contributed by atoms with E-state index in [-0.39, 0.29) is 7.92 Å². The molecule has 1 aliphatic rings. The van der Waals surface area contributed by atoms with Crippen LogP contribution in [-0.4, -0.2) is 20.6 Å². The average molecular weight is 787 g/mol. The summed E-state index contributed by atoms with van der Waals surface area (Å²) in [5.41, 5.74) is 9.73. The number of ether oxygens (including phenoxy) is 1. The van der Waals surface area contributed by atoms with Crippen molar-refractivity contribution in [3.8, 4) is 28.4 Å². The summed E-state index contributed by atoms with van der Waals surface area (Å²) in [5.74, 6) is 2.98. The van der Waals surface area contributed by atoms with Crippen LogP contribution in [-0.2, 0) is 12.8 Å². The second-order valence-electron chi connectivity index (χ2n) is 15.0. The van der Waals surface area contributed by atoms with Crippen LogP contribution in [0.5, 0.6) is 17.2 Å². The highest BCUT2D eigenvalue weighted by Crippen LogP contribution is 2.47. The van der Waals surface area contributed by atoms with Gasteiger partial charge in [-0.2, -0.15) is 0 Å². The number of benzene rings is 7. The summed E-state index contributed by atoms with van der Waals surface area (Å²) in [6.45, 7) is 9.12. The molecule has 5 heteroatoms. The van der Waals surface area contributed by atoms with Crippen molar-refractivity contribution >= 4 is 40.7 Å². The molecule has 2 nitrogen and oxygen atoms in total. The third kappa shape index (κ3) is 9.95. The van der Waals surface area contributed by atoms with Crippen LogP contribution in [0, 0.1) is 13.8 Å². The molecular weight excluding hydrogens is 735 g/mol. The molecule has 1 atom stereocenters. The predicted octanol–water partition coefficient (Wildman–Crippen LogP) is 12.6. The van der Waals surface area contributed by atoms with Gasteiger partial charge < -0.3 is 9.16 Å². The molecule has 0 saturated heterocycles. The van der Waals surface area contributed by atoms with E-state index in [1.54, 1.807) is 0 Å². The SMILES string of the molecule is C[Si](C)(CCP(c1ccccc1)c1ccccc1)Oc1ccccc1.Cc1c(C)c2c(c(CCPc3ccccc3)c1Oc1ccccc1)Cc1ccccc1-2. The first-order chi connectivity index (χ1) is 27.4. The van der Waals surface area contributed by atoms with E-state index in [2.05, 4.69) is 154 Å². The topological polar surface area (TPSA) is 18.5 Å². The first kappa shape index (κ1) is 39.5. The van der Waals surface area contributed by atoms with Gasteiger partial charge in [-0.1, -0.05) is 160 Å². The van der Waals surface area contributed by atoms with E-state index < -0.39 is 8.32 Å². The van der Waals surface area contributed by atoms with Gasteiger partial charge in [-0.25, -0.2) is 0 Å². The smallest absolute Gasteiger partial charge is 0.245 e. The van der Waals surface area contributed by atoms with Crippen LogP contribution < -0.4 is 25.1 Å². The minimum atomic E-state index is -1.76. The minimum absolute atomic E-state index is 0.335. The van der Waals surface area contributed by atoms with Crippen molar-refractivity contribution in [3.63, 3.8) is 0 Å². The van der Waals surface area contributed by atoms with E-state index in [0.717, 1.165) is 50.9 Å². The van der Waals surface area contributed by atoms with Gasteiger partial charge in [0.05, 0.1) is 0 Å². The van der Waals surface area contributed by atoms with Crippen molar-refractivity contribution in [2.45, 2.75) is 45.8 Å². The van der Waals surface area contributed by atoms with Crippen LogP contribution in [0.3, 0.4) is 0 Å². The molecule has 0 spiro atoms. The number of hydrogen-bond donors (Lipinski definition) is 0. The molecule has 0 aliphatic heterocycles. The van der Waals surface area contributed by atoms with Gasteiger partial charge in [0, 0.05) is 0 Å². The molecule has 7 aromatic rings. The summed E-state index contributed by atoms with van der Waals surface area (Å²) in [5, 5.41) is 4.33. The summed E-state index contributed by atoms with van der Waals surface area (Å²) in [6.07, 6.45) is 4.35. The molecular formula is C51H52O2P2Si. The fourth-order valence-electron chi connectivity index (χ4n) is 7.53. The molecule has 0 bridgehead atoms. The summed E-state index contributed by atoms with van der Waals surface area (Å²) in [4.78, 5) is 0. The Morgan fingerprint density at radius 2 is 1.11 bits per heavy atom. The molecule has 1 aliphatic carbocycles. The third-order valence-corrected chi connectivity index (χ3v) is 16.9. The zero-order chi connectivity index (χ0) is 38.7. The Kier molecular flexibility index (Phi) is 13.3. The van der Waals surface area contributed by atoms with Crippen molar-refractivity contribution in [1.82, 2.24) is 0 Å². The Labute approximate surface area is 338 Å². The number of para-hydroxylation sites is 2. The lowest BCUT2D eigenvalue weighted by Crippen LogP contribution is -2.35. The molecule has 0 heterocycles. The molecule has 282 valence electrons. The molecule has 0 radical (unpaired) electrons. The van der Waals surface area contributed by atoms with E-state index in [1.807, 2.05) is 48.5 Å². The quantitative estimate of drug-likeness (QED) is 0.0856. The van der Waals surface area contributed by atoms with Crippen LogP contribution in [0.15, 0.2) is 176 Å². The normalized spacial score (nSPS) is 11.9. The van der Waals surface area contributed by atoms with E-state index in [4.69, 9.17) is 9.16 Å². The zero-order valence-corrected chi connectivity index (χ0v) is 35.9. The molecule has 0 fully saturated rings. The van der Waals surface area contributed by atoms with Crippen molar-refractivity contribution in [1.29, 1.82) is 0 Å². The standard InChI is InChI=1S/C29H27OP.C22H25OPSi/c1-20-21(2)29(30-23-12-5-3-6-13-23)26(17-18-31-24-14-7-4-8-15-24)27-19-22-11-9-10-16-25(22)28(20)27;1-25(2,23-20-12-6-3-7-13-20)19-18-24(21-14-8-4-9-15-21)22-16-10-5-11-17-22/h3-16,31H,17-19H2,1-2H3;3-17H,18-19H2,1-2H3. The molecule has 7 aromatic carbocycles. The lowest BCUT2D eigenvalue weighted by Gasteiger charge is -2.27. The second kappa shape index (κ2) is 18.9. The van der Waals surface area contributed by atoms with Crippen molar-refractivity contribution in [3.05, 3.63) is 204 Å². The molecule has 1 unspecified atom stereocenters. The lowest BCUT2D eigenvalue weighted by atomic mass is 9.90. The van der Waals surface area contributed by atoms with Gasteiger partial charge in [0.1, 0.15) is 17.2 Å². The Morgan fingerprint density at radius 3 is 1.71 bits per heavy atom. The van der Waals surface area contributed by atoms with Crippen LogP contribution >= 0.6 is 16.5 Å². The Morgan fingerprint density at radius 1 is 0.589 bits per heavy atom.